The van der Waals surface area contributed by atoms with Crippen LogP contribution in [0.2, 0.25) is 0 Å². The normalized spacial score (nSPS) is 15.7. The summed E-state index contributed by atoms with van der Waals surface area (Å²) in [5, 5.41) is 3.83. The van der Waals surface area contributed by atoms with Gasteiger partial charge in [0.05, 0.1) is 31.6 Å². The van der Waals surface area contributed by atoms with E-state index in [1.54, 1.807) is 18.8 Å². The molecule has 1 N–H and O–H groups in total. The van der Waals surface area contributed by atoms with E-state index in [1.165, 1.54) is 15.9 Å². The molecule has 0 aromatic carbocycles. The molecule has 1 saturated carbocycles. The summed E-state index contributed by atoms with van der Waals surface area (Å²) < 4.78 is 13.5. The number of nitrogens with one attached hydrogen (secondary N) is 1. The van der Waals surface area contributed by atoms with Gasteiger partial charge < -0.3 is 24.5 Å². The fraction of sp³-hybridized carbons (Fsp3) is 0.600. The summed E-state index contributed by atoms with van der Waals surface area (Å²) >= 11 is 1.52. The quantitative estimate of drug-likeness (QED) is 0.589. The first-order valence-corrected chi connectivity index (χ1v) is 11.0. The number of carbonyl (C=O) groups is 1. The van der Waals surface area contributed by atoms with Crippen molar-refractivity contribution in [3.05, 3.63) is 31.3 Å². The first-order chi connectivity index (χ1) is 15.1. The van der Waals surface area contributed by atoms with Crippen LogP contribution in [0, 0.1) is 6.92 Å². The minimum atomic E-state index is -0.222. The Kier molecular flexibility index (Phi) is 7.63. The molecule has 2 aromatic rings. The molecule has 4 rings (SSSR count). The van der Waals surface area contributed by atoms with Gasteiger partial charge in [-0.2, -0.15) is 0 Å². The first-order valence-electron chi connectivity index (χ1n) is 10.1. The Bertz CT molecular complexity index is 1070. The third-order valence-corrected chi connectivity index (χ3v) is 6.71. The maximum absolute atomic E-state index is 13.2. The average molecular weight is 452 g/mol. The number of nitrogens with zero attached hydrogens (tertiary/aromatic N) is 4. The second-order valence-corrected chi connectivity index (χ2v) is 8.48. The molecular weight excluding hydrogens is 422 g/mol. The topological polar surface area (TPSA) is 107 Å². The highest BCUT2D eigenvalue weighted by atomic mass is 32.1. The number of methoxy groups -OCH3 is 2. The summed E-state index contributed by atoms with van der Waals surface area (Å²) in [5.41, 5.74) is 0.572. The van der Waals surface area contributed by atoms with Gasteiger partial charge in [0.25, 0.3) is 5.56 Å². The smallest absolute Gasteiger partial charge is 0.332 e. The van der Waals surface area contributed by atoms with Crippen LogP contribution in [0.4, 0.5) is 0 Å². The molecule has 1 aliphatic carbocycles. The number of aryl methyl sites for hydroxylation is 1. The van der Waals surface area contributed by atoms with Crippen molar-refractivity contribution in [3.63, 3.8) is 0 Å². The van der Waals surface area contributed by atoms with Crippen molar-refractivity contribution in [2.75, 3.05) is 40.6 Å². The highest BCUT2D eigenvalue weighted by molar-refractivity contribution is 7.18. The van der Waals surface area contributed by atoms with Gasteiger partial charge in [-0.1, -0.05) is 0 Å². The number of thiophene rings is 1. The van der Waals surface area contributed by atoms with Gasteiger partial charge in [0.1, 0.15) is 18.4 Å². The van der Waals surface area contributed by atoms with Crippen molar-refractivity contribution < 1.29 is 14.3 Å². The standard InChI is InChI=1S/C19H27N5O4S.CH2O/c1-12-14(10-22-7-6-20-18(22)21-11-28-3)29-17-15(12)16(25)24(13-4-5-13)19(26)23(17)8-9-27-2;1-2/h13H,4-11H2,1-3H3,(H,20,21);1H2. The molecule has 10 nitrogen and oxygen atoms in total. The summed E-state index contributed by atoms with van der Waals surface area (Å²) in [5.74, 6) is 0.802. The molecule has 0 amide bonds. The van der Waals surface area contributed by atoms with Crippen LogP contribution in [0.15, 0.2) is 14.6 Å². The van der Waals surface area contributed by atoms with Gasteiger partial charge in [-0.3, -0.25) is 18.9 Å². The maximum Gasteiger partial charge on any atom is 0.332 e. The van der Waals surface area contributed by atoms with Gasteiger partial charge in [0.15, 0.2) is 5.96 Å². The molecular formula is C20H29N5O5S. The summed E-state index contributed by atoms with van der Waals surface area (Å²) in [6.45, 7) is 7.41. The molecule has 170 valence electrons. The van der Waals surface area contributed by atoms with E-state index >= 15 is 0 Å². The summed E-state index contributed by atoms with van der Waals surface area (Å²) in [7, 11) is 3.25. The van der Waals surface area contributed by atoms with E-state index in [-0.39, 0.29) is 17.3 Å². The lowest BCUT2D eigenvalue weighted by Gasteiger charge is -2.20. The van der Waals surface area contributed by atoms with E-state index in [0.29, 0.717) is 31.8 Å². The number of guanidine groups is 1. The Morgan fingerprint density at radius 2 is 1.97 bits per heavy atom. The lowest BCUT2D eigenvalue weighted by Crippen LogP contribution is -2.40. The summed E-state index contributed by atoms with van der Waals surface area (Å²) in [6.07, 6.45) is 1.78. The van der Waals surface area contributed by atoms with E-state index in [4.69, 9.17) is 14.3 Å². The largest absolute Gasteiger partial charge is 0.383 e. The average Bonchev–Trinajstić information content (AvgIpc) is 3.42. The number of fused-ring (bicyclic) bond motifs is 1. The Balaban J connectivity index is 0.00000132. The van der Waals surface area contributed by atoms with Gasteiger partial charge >= 0.3 is 5.69 Å². The van der Waals surface area contributed by atoms with Crippen molar-refractivity contribution in [2.45, 2.75) is 38.9 Å². The fourth-order valence-corrected chi connectivity index (χ4v) is 5.04. The van der Waals surface area contributed by atoms with Gasteiger partial charge in [-0.25, -0.2) is 4.79 Å². The molecule has 0 unspecified atom stereocenters. The molecule has 31 heavy (non-hydrogen) atoms. The molecule has 0 atom stereocenters. The Morgan fingerprint density at radius 1 is 1.23 bits per heavy atom. The number of hydrogen-bond donors (Lipinski definition) is 1. The zero-order valence-electron chi connectivity index (χ0n) is 18.2. The fourth-order valence-electron chi connectivity index (χ4n) is 3.71. The van der Waals surface area contributed by atoms with Crippen molar-refractivity contribution in [2.24, 2.45) is 4.99 Å². The van der Waals surface area contributed by atoms with Crippen LogP contribution in [0.5, 0.6) is 0 Å². The second-order valence-electron chi connectivity index (χ2n) is 7.40. The molecule has 11 heteroatoms. The Morgan fingerprint density at radius 3 is 2.61 bits per heavy atom. The van der Waals surface area contributed by atoms with Crippen LogP contribution < -0.4 is 16.6 Å². The van der Waals surface area contributed by atoms with Crippen molar-refractivity contribution in [3.8, 4) is 0 Å². The van der Waals surface area contributed by atoms with Gasteiger partial charge in [-0.15, -0.1) is 11.3 Å². The van der Waals surface area contributed by atoms with Crippen molar-refractivity contribution >= 4 is 34.3 Å². The second kappa shape index (κ2) is 10.2. The van der Waals surface area contributed by atoms with Crippen LogP contribution in [-0.2, 0) is 27.4 Å². The van der Waals surface area contributed by atoms with Gasteiger partial charge in [0.2, 0.25) is 0 Å². The van der Waals surface area contributed by atoms with Crippen LogP contribution >= 0.6 is 11.3 Å². The predicted molar refractivity (Wildman–Crippen MR) is 120 cm³/mol. The molecule has 1 fully saturated rings. The van der Waals surface area contributed by atoms with Crippen LogP contribution in [0.3, 0.4) is 0 Å². The molecule has 2 aliphatic rings. The maximum atomic E-state index is 13.2. The number of hydrogen-bond acceptors (Lipinski definition) is 9. The molecule has 1 aliphatic heterocycles. The van der Waals surface area contributed by atoms with E-state index in [0.717, 1.165) is 47.2 Å². The van der Waals surface area contributed by atoms with Crippen molar-refractivity contribution in [1.29, 1.82) is 0 Å². The molecule has 0 radical (unpaired) electrons. The van der Waals surface area contributed by atoms with E-state index in [1.807, 2.05) is 13.7 Å². The number of aliphatic imine (C=N–C) groups is 1. The van der Waals surface area contributed by atoms with Gasteiger partial charge in [-0.05, 0) is 25.3 Å². The lowest BCUT2D eigenvalue weighted by atomic mass is 10.2. The molecule has 0 bridgehead atoms. The Hall–Kier alpha value is -2.50. The Labute approximate surface area is 184 Å². The number of rotatable bonds is 8. The minimum Gasteiger partial charge on any atom is -0.383 e. The number of aromatic nitrogens is 2. The zero-order chi connectivity index (χ0) is 22.5. The van der Waals surface area contributed by atoms with E-state index in [9.17, 15) is 9.59 Å². The minimum absolute atomic E-state index is 0.0338. The van der Waals surface area contributed by atoms with Crippen LogP contribution in [0.1, 0.15) is 29.3 Å². The monoisotopic (exact) mass is 451 g/mol. The summed E-state index contributed by atoms with van der Waals surface area (Å²) in [4.78, 5) is 42.7. The highest BCUT2D eigenvalue weighted by Gasteiger charge is 2.30. The van der Waals surface area contributed by atoms with Gasteiger partial charge in [0, 0.05) is 31.7 Å². The molecule has 0 spiro atoms. The molecule has 0 saturated heterocycles. The third-order valence-electron chi connectivity index (χ3n) is 5.41. The third kappa shape index (κ3) is 4.58. The predicted octanol–water partition coefficient (Wildman–Crippen LogP) is 0.695. The first kappa shape index (κ1) is 23.2. The van der Waals surface area contributed by atoms with Crippen molar-refractivity contribution in [1.82, 2.24) is 19.4 Å². The lowest BCUT2D eigenvalue weighted by molar-refractivity contribution is -0.0979. The molecule has 2 aromatic heterocycles. The summed E-state index contributed by atoms with van der Waals surface area (Å²) in [6, 6.07) is 0.0338. The highest BCUT2D eigenvalue weighted by Crippen LogP contribution is 2.34. The van der Waals surface area contributed by atoms with E-state index in [2.05, 4.69) is 15.2 Å². The SMILES string of the molecule is C=O.COCCn1c(=O)n(C2CC2)c(=O)c2c(C)c(CN3CCN=C3NCOC)sc21. The van der Waals surface area contributed by atoms with Crippen LogP contribution in [-0.4, -0.2) is 67.4 Å². The van der Waals surface area contributed by atoms with E-state index < -0.39 is 0 Å². The van der Waals surface area contributed by atoms with Crippen LogP contribution in [0.25, 0.3) is 10.2 Å². The molecule has 3 heterocycles. The number of carbonyl (C=O) groups excluding carboxylic acids is 1. The number of ether oxygens (including phenoxy) is 2. The zero-order valence-corrected chi connectivity index (χ0v) is 19.0.